The minimum Gasteiger partial charge on any atom is -0.256 e. The number of aromatic nitrogens is 5. The van der Waals surface area contributed by atoms with Gasteiger partial charge in [0.25, 0.3) is 0 Å². The topological polar surface area (TPSA) is 56.5 Å². The fourth-order valence-corrected chi connectivity index (χ4v) is 0.831. The SMILES string of the molecule is Cc1cnc(-n2cncn2)cn1. The summed E-state index contributed by atoms with van der Waals surface area (Å²) in [6.07, 6.45) is 6.39. The molecule has 0 bridgehead atoms. The highest BCUT2D eigenvalue weighted by molar-refractivity contribution is 5.15. The van der Waals surface area contributed by atoms with Gasteiger partial charge in [-0.25, -0.2) is 14.6 Å². The smallest absolute Gasteiger partial charge is 0.173 e. The largest absolute Gasteiger partial charge is 0.256 e. The van der Waals surface area contributed by atoms with Crippen molar-refractivity contribution in [1.82, 2.24) is 24.7 Å². The van der Waals surface area contributed by atoms with Gasteiger partial charge < -0.3 is 0 Å². The van der Waals surface area contributed by atoms with Crippen LogP contribution in [-0.2, 0) is 0 Å². The first-order valence-electron chi connectivity index (χ1n) is 3.50. The zero-order valence-electron chi connectivity index (χ0n) is 6.55. The average molecular weight is 161 g/mol. The van der Waals surface area contributed by atoms with Gasteiger partial charge in [-0.1, -0.05) is 0 Å². The van der Waals surface area contributed by atoms with Crippen molar-refractivity contribution < 1.29 is 0 Å². The molecular formula is C7H7N5. The summed E-state index contributed by atoms with van der Waals surface area (Å²) in [4.78, 5) is 12.0. The Morgan fingerprint density at radius 2 is 2.17 bits per heavy atom. The highest BCUT2D eigenvalue weighted by Crippen LogP contribution is 1.97. The minimum atomic E-state index is 0.679. The van der Waals surface area contributed by atoms with Crippen LogP contribution in [0.3, 0.4) is 0 Å². The lowest BCUT2D eigenvalue weighted by molar-refractivity contribution is 0.832. The molecule has 0 atom stereocenters. The van der Waals surface area contributed by atoms with Gasteiger partial charge in [-0.05, 0) is 6.92 Å². The fourth-order valence-electron chi connectivity index (χ4n) is 0.831. The number of hydrogen-bond donors (Lipinski definition) is 0. The molecule has 0 aliphatic rings. The Kier molecular flexibility index (Phi) is 1.55. The lowest BCUT2D eigenvalue weighted by atomic mass is 10.5. The van der Waals surface area contributed by atoms with E-state index in [1.807, 2.05) is 6.92 Å². The van der Waals surface area contributed by atoms with E-state index in [-0.39, 0.29) is 0 Å². The van der Waals surface area contributed by atoms with Crippen LogP contribution in [0.2, 0.25) is 0 Å². The maximum Gasteiger partial charge on any atom is 0.173 e. The summed E-state index contributed by atoms with van der Waals surface area (Å²) in [7, 11) is 0. The molecule has 12 heavy (non-hydrogen) atoms. The first-order valence-corrected chi connectivity index (χ1v) is 3.50. The van der Waals surface area contributed by atoms with Gasteiger partial charge in [0.05, 0.1) is 18.1 Å². The van der Waals surface area contributed by atoms with Crippen LogP contribution in [0.4, 0.5) is 0 Å². The second-order valence-corrected chi connectivity index (χ2v) is 2.36. The lowest BCUT2D eigenvalue weighted by Crippen LogP contribution is -1.98. The Balaban J connectivity index is 2.43. The van der Waals surface area contributed by atoms with Crippen LogP contribution in [0.5, 0.6) is 0 Å². The summed E-state index contributed by atoms with van der Waals surface area (Å²) < 4.78 is 1.56. The molecule has 0 radical (unpaired) electrons. The van der Waals surface area contributed by atoms with E-state index in [0.717, 1.165) is 5.69 Å². The van der Waals surface area contributed by atoms with Crippen LogP contribution in [0.25, 0.3) is 5.82 Å². The minimum absolute atomic E-state index is 0.679. The number of nitrogens with zero attached hydrogens (tertiary/aromatic N) is 5. The Bertz CT molecular complexity index is 350. The summed E-state index contributed by atoms with van der Waals surface area (Å²) in [5.41, 5.74) is 0.888. The molecule has 0 amide bonds. The van der Waals surface area contributed by atoms with Gasteiger partial charge in [-0.15, -0.1) is 0 Å². The Morgan fingerprint density at radius 1 is 1.25 bits per heavy atom. The monoisotopic (exact) mass is 161 g/mol. The molecule has 2 aromatic rings. The van der Waals surface area contributed by atoms with Crippen molar-refractivity contribution in [3.63, 3.8) is 0 Å². The molecular weight excluding hydrogens is 154 g/mol. The second-order valence-electron chi connectivity index (χ2n) is 2.36. The molecule has 5 heteroatoms. The van der Waals surface area contributed by atoms with Crippen LogP contribution in [0.15, 0.2) is 25.0 Å². The standard InChI is InChI=1S/C7H7N5/c1-6-2-10-7(3-9-6)12-5-8-4-11-12/h2-5H,1H3. The van der Waals surface area contributed by atoms with Gasteiger partial charge in [-0.2, -0.15) is 5.10 Å². The zero-order chi connectivity index (χ0) is 8.39. The van der Waals surface area contributed by atoms with E-state index in [4.69, 9.17) is 0 Å². The van der Waals surface area contributed by atoms with Crippen molar-refractivity contribution in [1.29, 1.82) is 0 Å². The van der Waals surface area contributed by atoms with Crippen molar-refractivity contribution >= 4 is 0 Å². The highest BCUT2D eigenvalue weighted by Gasteiger charge is 1.96. The van der Waals surface area contributed by atoms with Gasteiger partial charge in [0.2, 0.25) is 0 Å². The maximum atomic E-state index is 4.12. The fraction of sp³-hybridized carbons (Fsp3) is 0.143. The Labute approximate surface area is 69.1 Å². The molecule has 60 valence electrons. The van der Waals surface area contributed by atoms with Gasteiger partial charge in [0.15, 0.2) is 5.82 Å². The first-order chi connectivity index (χ1) is 5.86. The zero-order valence-corrected chi connectivity index (χ0v) is 6.55. The average Bonchev–Trinajstić information content (AvgIpc) is 2.58. The molecule has 2 heterocycles. The lowest BCUT2D eigenvalue weighted by Gasteiger charge is -1.97. The van der Waals surface area contributed by atoms with E-state index in [1.54, 1.807) is 23.4 Å². The van der Waals surface area contributed by atoms with Crippen LogP contribution >= 0.6 is 0 Å². The normalized spacial score (nSPS) is 10.1. The molecule has 2 aromatic heterocycles. The summed E-state index contributed by atoms with van der Waals surface area (Å²) in [5, 5.41) is 3.92. The van der Waals surface area contributed by atoms with E-state index in [9.17, 15) is 0 Å². The predicted molar refractivity (Wildman–Crippen MR) is 41.7 cm³/mol. The van der Waals surface area contributed by atoms with Crippen LogP contribution in [0.1, 0.15) is 5.69 Å². The van der Waals surface area contributed by atoms with E-state index < -0.39 is 0 Å². The maximum absolute atomic E-state index is 4.12. The number of aryl methyl sites for hydroxylation is 1. The van der Waals surface area contributed by atoms with E-state index in [1.165, 1.54) is 6.33 Å². The highest BCUT2D eigenvalue weighted by atomic mass is 15.3. The molecule has 0 N–H and O–H groups in total. The van der Waals surface area contributed by atoms with E-state index in [2.05, 4.69) is 20.1 Å². The molecule has 0 saturated heterocycles. The number of rotatable bonds is 1. The van der Waals surface area contributed by atoms with Gasteiger partial charge in [0.1, 0.15) is 12.7 Å². The summed E-state index contributed by atoms with van der Waals surface area (Å²) in [5.74, 6) is 0.679. The molecule has 2 rings (SSSR count). The molecule has 0 unspecified atom stereocenters. The molecule has 0 aliphatic heterocycles. The van der Waals surface area contributed by atoms with Crippen molar-refractivity contribution in [2.75, 3.05) is 0 Å². The molecule has 0 saturated carbocycles. The van der Waals surface area contributed by atoms with Gasteiger partial charge in [0, 0.05) is 0 Å². The summed E-state index contributed by atoms with van der Waals surface area (Å²) >= 11 is 0. The third-order valence-electron chi connectivity index (χ3n) is 1.42. The van der Waals surface area contributed by atoms with Gasteiger partial charge >= 0.3 is 0 Å². The third-order valence-corrected chi connectivity index (χ3v) is 1.42. The molecule has 0 aliphatic carbocycles. The predicted octanol–water partition coefficient (Wildman–Crippen LogP) is 0.366. The van der Waals surface area contributed by atoms with Crippen LogP contribution in [-0.4, -0.2) is 24.7 Å². The molecule has 0 fully saturated rings. The Hall–Kier alpha value is -1.78. The molecule has 0 spiro atoms. The Morgan fingerprint density at radius 3 is 2.75 bits per heavy atom. The first kappa shape index (κ1) is 6.90. The van der Waals surface area contributed by atoms with E-state index >= 15 is 0 Å². The van der Waals surface area contributed by atoms with Crippen molar-refractivity contribution in [2.45, 2.75) is 6.92 Å². The quantitative estimate of drug-likeness (QED) is 0.606. The van der Waals surface area contributed by atoms with Crippen molar-refractivity contribution in [3.05, 3.63) is 30.7 Å². The van der Waals surface area contributed by atoms with Crippen molar-refractivity contribution in [2.24, 2.45) is 0 Å². The van der Waals surface area contributed by atoms with Crippen LogP contribution < -0.4 is 0 Å². The van der Waals surface area contributed by atoms with Gasteiger partial charge in [-0.3, -0.25) is 4.98 Å². The van der Waals surface area contributed by atoms with E-state index in [0.29, 0.717) is 5.82 Å². The summed E-state index contributed by atoms with van der Waals surface area (Å²) in [6.45, 7) is 1.89. The van der Waals surface area contributed by atoms with Crippen molar-refractivity contribution in [3.8, 4) is 5.82 Å². The molecule has 0 aromatic carbocycles. The third kappa shape index (κ3) is 1.16. The summed E-state index contributed by atoms with van der Waals surface area (Å²) in [6, 6.07) is 0. The number of hydrogen-bond acceptors (Lipinski definition) is 4. The second kappa shape index (κ2) is 2.69. The van der Waals surface area contributed by atoms with Crippen LogP contribution in [0, 0.1) is 6.92 Å². The molecule has 5 nitrogen and oxygen atoms in total.